The monoisotopic (exact) mass is 608 g/mol. The van der Waals surface area contributed by atoms with Gasteiger partial charge in [-0.3, -0.25) is 15.1 Å². The molecule has 0 spiro atoms. The number of ether oxygens (including phenoxy) is 4. The lowest BCUT2D eigenvalue weighted by Gasteiger charge is -2.22. The molecule has 0 fully saturated rings. The van der Waals surface area contributed by atoms with E-state index in [1.807, 2.05) is 0 Å². The summed E-state index contributed by atoms with van der Waals surface area (Å²) in [6.07, 6.45) is -7.54. The van der Waals surface area contributed by atoms with Crippen molar-refractivity contribution in [3.05, 3.63) is 46.4 Å². The number of fused-ring (bicyclic) bond motifs is 2. The number of aromatic amines is 1. The highest BCUT2D eigenvalue weighted by Gasteiger charge is 2.43. The molecule has 0 saturated carbocycles. The van der Waals surface area contributed by atoms with Gasteiger partial charge in [-0.05, 0) is 31.2 Å². The summed E-state index contributed by atoms with van der Waals surface area (Å²) in [5.74, 6) is -1.03. The Morgan fingerprint density at radius 2 is 1.77 bits per heavy atom. The minimum absolute atomic E-state index is 0.0643. The number of anilines is 2. The Bertz CT molecular complexity index is 1680. The zero-order valence-corrected chi connectivity index (χ0v) is 23.0. The number of aryl methyl sites for hydroxylation is 1. The van der Waals surface area contributed by atoms with Crippen LogP contribution < -0.4 is 30.4 Å². The summed E-state index contributed by atoms with van der Waals surface area (Å²) < 4.78 is 57.0. The van der Waals surface area contributed by atoms with Crippen molar-refractivity contribution in [1.82, 2.24) is 25.3 Å². The molecule has 4 rings (SSSR count). The Balaban J connectivity index is 1.41. The van der Waals surface area contributed by atoms with Gasteiger partial charge in [0.05, 0.1) is 49.0 Å². The zero-order valence-electron chi connectivity index (χ0n) is 23.0. The summed E-state index contributed by atoms with van der Waals surface area (Å²) in [7, 11) is 3.04. The first-order valence-electron chi connectivity index (χ1n) is 12.6. The van der Waals surface area contributed by atoms with Crippen LogP contribution in [0.1, 0.15) is 5.69 Å². The second-order valence-electron chi connectivity index (χ2n) is 8.96. The molecule has 0 bridgehead atoms. The molecule has 4 aromatic rings. The molecule has 5 N–H and O–H groups in total. The second kappa shape index (κ2) is 13.1. The minimum atomic E-state index is -5.29. The fourth-order valence-electron chi connectivity index (χ4n) is 3.96. The van der Waals surface area contributed by atoms with Gasteiger partial charge in [0.2, 0.25) is 18.2 Å². The van der Waals surface area contributed by atoms with Gasteiger partial charge in [0.1, 0.15) is 12.4 Å². The number of benzene rings is 2. The first-order chi connectivity index (χ1) is 20.4. The lowest BCUT2D eigenvalue weighted by atomic mass is 10.1. The Labute approximate surface area is 240 Å². The maximum absolute atomic E-state index is 12.8. The molecule has 2 heterocycles. The summed E-state index contributed by atoms with van der Waals surface area (Å²) in [6.45, 7) is 0.823. The lowest BCUT2D eigenvalue weighted by Crippen LogP contribution is -2.47. The molecule has 17 heteroatoms. The average Bonchev–Trinajstić information content (AvgIpc) is 2.96. The number of aliphatic hydroxyl groups is 2. The molecule has 43 heavy (non-hydrogen) atoms. The van der Waals surface area contributed by atoms with Crippen LogP contribution >= 0.6 is 0 Å². The minimum Gasteiger partial charge on any atom is -0.493 e. The molecular formula is C26H27F3N6O8. The van der Waals surface area contributed by atoms with Gasteiger partial charge in [-0.15, -0.1) is 0 Å². The highest BCUT2D eigenvalue weighted by atomic mass is 19.4. The van der Waals surface area contributed by atoms with Crippen molar-refractivity contribution in [3.63, 3.8) is 0 Å². The first kappa shape index (κ1) is 31.2. The number of carbonyl (C=O) groups excluding carboxylic acids is 1. The van der Waals surface area contributed by atoms with Gasteiger partial charge in [0, 0.05) is 18.0 Å². The third kappa shape index (κ3) is 7.37. The standard InChI is InChI=1S/C26H27F3N6O8/c1-12-14-9-19(40-2)20(41-3)10-17(14)33-24(31-12)35-25-32-16-5-4-13(8-15(16)21(37)34-25)42-7-6-30-18(11-36)22(38)43-23(39)26(27,28)29/h4-5,8-10,18,22,30,36,38H,6-7,11H2,1-3H3,(H2,31,32,33,34,35,37). The van der Waals surface area contributed by atoms with Crippen molar-refractivity contribution < 1.29 is 47.1 Å². The SMILES string of the molecule is COc1cc2nc(Nc3nc4ccc(OCCNC(CO)C(O)OC(=O)C(F)(F)F)cc4c(=O)[nH]3)nc(C)c2cc1OC. The van der Waals surface area contributed by atoms with Crippen LogP contribution in [-0.4, -0.2) is 88.6 Å². The van der Waals surface area contributed by atoms with E-state index in [1.165, 1.54) is 20.3 Å². The van der Waals surface area contributed by atoms with Crippen molar-refractivity contribution in [1.29, 1.82) is 0 Å². The Morgan fingerprint density at radius 1 is 1.05 bits per heavy atom. The molecule has 0 radical (unpaired) electrons. The van der Waals surface area contributed by atoms with E-state index in [4.69, 9.17) is 14.2 Å². The molecule has 0 amide bonds. The number of aromatic nitrogens is 4. The zero-order chi connectivity index (χ0) is 31.3. The van der Waals surface area contributed by atoms with E-state index < -0.39 is 36.6 Å². The van der Waals surface area contributed by atoms with Gasteiger partial charge >= 0.3 is 12.1 Å². The predicted octanol–water partition coefficient (Wildman–Crippen LogP) is 1.69. The first-order valence-corrected chi connectivity index (χ1v) is 12.6. The fourth-order valence-corrected chi connectivity index (χ4v) is 3.96. The largest absolute Gasteiger partial charge is 0.493 e. The van der Waals surface area contributed by atoms with Crippen LogP contribution in [-0.2, 0) is 9.53 Å². The number of halogens is 3. The number of H-pyrrole nitrogens is 1. The van der Waals surface area contributed by atoms with E-state index in [9.17, 15) is 33.0 Å². The highest BCUT2D eigenvalue weighted by Crippen LogP contribution is 2.33. The van der Waals surface area contributed by atoms with E-state index >= 15 is 0 Å². The van der Waals surface area contributed by atoms with E-state index in [2.05, 4.69) is 35.3 Å². The van der Waals surface area contributed by atoms with Crippen LogP contribution in [0.2, 0.25) is 0 Å². The topological polar surface area (TPSA) is 190 Å². The lowest BCUT2D eigenvalue weighted by molar-refractivity contribution is -0.223. The fraction of sp³-hybridized carbons (Fsp3) is 0.346. The summed E-state index contributed by atoms with van der Waals surface area (Å²) >= 11 is 0. The third-order valence-electron chi connectivity index (χ3n) is 6.08. The molecule has 2 aromatic carbocycles. The van der Waals surface area contributed by atoms with E-state index in [0.29, 0.717) is 28.2 Å². The Kier molecular flexibility index (Phi) is 9.47. The Morgan fingerprint density at radius 3 is 2.44 bits per heavy atom. The van der Waals surface area contributed by atoms with Crippen LogP contribution in [0.15, 0.2) is 35.1 Å². The normalized spacial score (nSPS) is 13.0. The van der Waals surface area contributed by atoms with E-state index in [0.717, 1.165) is 5.39 Å². The van der Waals surface area contributed by atoms with Crippen LogP contribution in [0.5, 0.6) is 17.2 Å². The number of nitrogens with zero attached hydrogens (tertiary/aromatic N) is 3. The number of methoxy groups -OCH3 is 2. The molecular weight excluding hydrogens is 581 g/mol. The number of nitrogens with one attached hydrogen (secondary N) is 3. The van der Waals surface area contributed by atoms with Crippen LogP contribution in [0.4, 0.5) is 25.1 Å². The summed E-state index contributed by atoms with van der Waals surface area (Å²) in [6, 6.07) is 6.59. The van der Waals surface area contributed by atoms with Gasteiger partial charge < -0.3 is 34.5 Å². The summed E-state index contributed by atoms with van der Waals surface area (Å²) in [5, 5.41) is 25.3. The van der Waals surface area contributed by atoms with Crippen molar-refractivity contribution in [2.75, 3.05) is 39.3 Å². The number of alkyl halides is 3. The van der Waals surface area contributed by atoms with Gasteiger partial charge in [0.15, 0.2) is 11.5 Å². The smallest absolute Gasteiger partial charge is 0.491 e. The molecule has 230 valence electrons. The molecule has 0 aliphatic rings. The van der Waals surface area contributed by atoms with E-state index in [-0.39, 0.29) is 36.2 Å². The maximum Gasteiger partial charge on any atom is 0.491 e. The van der Waals surface area contributed by atoms with Gasteiger partial charge in [-0.25, -0.2) is 19.7 Å². The van der Waals surface area contributed by atoms with Crippen molar-refractivity contribution in [2.24, 2.45) is 0 Å². The van der Waals surface area contributed by atoms with Gasteiger partial charge in [0.25, 0.3) is 5.56 Å². The molecule has 0 aliphatic carbocycles. The number of aliphatic hydroxyl groups excluding tert-OH is 2. The van der Waals surface area contributed by atoms with Crippen LogP contribution in [0.3, 0.4) is 0 Å². The number of rotatable bonds is 12. The number of hydrogen-bond acceptors (Lipinski definition) is 13. The predicted molar refractivity (Wildman–Crippen MR) is 146 cm³/mol. The average molecular weight is 609 g/mol. The van der Waals surface area contributed by atoms with Crippen molar-refractivity contribution in [3.8, 4) is 17.2 Å². The molecule has 2 aromatic heterocycles. The number of carbonyl (C=O) groups is 1. The van der Waals surface area contributed by atoms with Gasteiger partial charge in [-0.1, -0.05) is 0 Å². The molecule has 2 unspecified atom stereocenters. The summed E-state index contributed by atoms with van der Waals surface area (Å²) in [5.41, 5.74) is 1.06. The number of hydrogen-bond donors (Lipinski definition) is 5. The molecule has 2 atom stereocenters. The van der Waals surface area contributed by atoms with Crippen LogP contribution in [0, 0.1) is 6.92 Å². The molecule has 0 saturated heterocycles. The summed E-state index contributed by atoms with van der Waals surface area (Å²) in [4.78, 5) is 39.6. The van der Waals surface area contributed by atoms with Crippen LogP contribution in [0.25, 0.3) is 21.8 Å². The van der Waals surface area contributed by atoms with Gasteiger partial charge in [-0.2, -0.15) is 13.2 Å². The molecule has 0 aliphatic heterocycles. The Hall–Kier alpha value is -4.74. The maximum atomic E-state index is 12.8. The quantitative estimate of drug-likeness (QED) is 0.0888. The van der Waals surface area contributed by atoms with Crippen molar-refractivity contribution >= 4 is 39.7 Å². The third-order valence-corrected chi connectivity index (χ3v) is 6.08. The van der Waals surface area contributed by atoms with Crippen molar-refractivity contribution in [2.45, 2.75) is 25.4 Å². The van der Waals surface area contributed by atoms with E-state index in [1.54, 1.807) is 31.2 Å². The molecule has 14 nitrogen and oxygen atoms in total. The second-order valence-corrected chi connectivity index (χ2v) is 8.96. The number of esters is 1. The highest BCUT2D eigenvalue weighted by molar-refractivity contribution is 5.86.